The van der Waals surface area contributed by atoms with Gasteiger partial charge in [0.25, 0.3) is 0 Å². The van der Waals surface area contributed by atoms with Crippen LogP contribution < -0.4 is 4.74 Å². The number of nitrogens with zero attached hydrogens (tertiary/aromatic N) is 2. The molecule has 0 N–H and O–H groups in total. The van der Waals surface area contributed by atoms with Crippen molar-refractivity contribution >= 4 is 5.91 Å². The van der Waals surface area contributed by atoms with Gasteiger partial charge in [-0.15, -0.1) is 0 Å². The topological polar surface area (TPSA) is 32.8 Å². The lowest BCUT2D eigenvalue weighted by molar-refractivity contribution is -0.133. The number of methoxy groups -OCH3 is 1. The molecule has 0 bridgehead atoms. The summed E-state index contributed by atoms with van der Waals surface area (Å²) in [6.07, 6.45) is 4.27. The smallest absolute Gasteiger partial charge is 0.226 e. The van der Waals surface area contributed by atoms with E-state index < -0.39 is 0 Å². The quantitative estimate of drug-likeness (QED) is 0.658. The molecule has 4 rings (SSSR count). The Kier molecular flexibility index (Phi) is 6.73. The van der Waals surface area contributed by atoms with Gasteiger partial charge in [0.05, 0.1) is 7.11 Å². The van der Waals surface area contributed by atoms with Crippen molar-refractivity contribution in [1.29, 1.82) is 0 Å². The Bertz CT molecular complexity index is 813. The van der Waals surface area contributed by atoms with Gasteiger partial charge in [0.2, 0.25) is 5.91 Å². The number of hydrogen-bond acceptors (Lipinski definition) is 3. The number of likely N-dealkylation sites (tertiary alicyclic amines) is 1. The molecular weight excluding hydrogens is 372 g/mol. The van der Waals surface area contributed by atoms with Crippen LogP contribution in [0.1, 0.15) is 36.3 Å². The molecule has 4 heteroatoms. The van der Waals surface area contributed by atoms with E-state index >= 15 is 0 Å². The van der Waals surface area contributed by atoms with Crippen LogP contribution >= 0.6 is 0 Å². The Hall–Kier alpha value is -2.33. The van der Waals surface area contributed by atoms with Gasteiger partial charge in [-0.25, -0.2) is 0 Å². The van der Waals surface area contributed by atoms with E-state index in [0.717, 1.165) is 44.8 Å². The molecule has 1 saturated carbocycles. The summed E-state index contributed by atoms with van der Waals surface area (Å²) in [7, 11) is 3.88. The van der Waals surface area contributed by atoms with Crippen molar-refractivity contribution in [1.82, 2.24) is 9.80 Å². The molecule has 2 atom stereocenters. The highest BCUT2D eigenvalue weighted by Gasteiger charge is 2.45. The summed E-state index contributed by atoms with van der Waals surface area (Å²) in [4.78, 5) is 18.0. The lowest BCUT2D eigenvalue weighted by Crippen LogP contribution is -2.41. The first-order valence-electron chi connectivity index (χ1n) is 11.3. The van der Waals surface area contributed by atoms with E-state index in [0.29, 0.717) is 17.7 Å². The monoisotopic (exact) mass is 406 g/mol. The molecule has 0 unspecified atom stereocenters. The second-order valence-electron chi connectivity index (χ2n) is 8.99. The first kappa shape index (κ1) is 20.9. The van der Waals surface area contributed by atoms with E-state index in [4.69, 9.17) is 4.74 Å². The standard InChI is InChI=1S/C26H34N2O2/c1-27-15-12-21(13-16-27)19-28(17-14-20-8-10-23(30-2)11-9-20)26(29)25-18-24(25)22-6-4-3-5-7-22/h3-11,21,24-25H,12-19H2,1-2H3/t24-,25+/m0/s1. The van der Waals surface area contributed by atoms with Gasteiger partial charge in [0.1, 0.15) is 5.75 Å². The van der Waals surface area contributed by atoms with Gasteiger partial charge in [-0.2, -0.15) is 0 Å². The summed E-state index contributed by atoms with van der Waals surface area (Å²) in [6.45, 7) is 3.98. The number of ether oxygens (including phenoxy) is 1. The van der Waals surface area contributed by atoms with Gasteiger partial charge in [0.15, 0.2) is 0 Å². The van der Waals surface area contributed by atoms with E-state index in [1.54, 1.807) is 7.11 Å². The summed E-state index contributed by atoms with van der Waals surface area (Å²) in [5, 5.41) is 0. The number of amides is 1. The average molecular weight is 407 g/mol. The second-order valence-corrected chi connectivity index (χ2v) is 8.99. The highest BCUT2D eigenvalue weighted by atomic mass is 16.5. The Morgan fingerprint density at radius 2 is 1.77 bits per heavy atom. The summed E-state index contributed by atoms with van der Waals surface area (Å²) in [5.41, 5.74) is 2.57. The molecular formula is C26H34N2O2. The molecule has 1 aliphatic carbocycles. The molecule has 2 aromatic rings. The fraction of sp³-hybridized carbons (Fsp3) is 0.500. The van der Waals surface area contributed by atoms with Gasteiger partial charge < -0.3 is 14.5 Å². The zero-order chi connectivity index (χ0) is 20.9. The van der Waals surface area contributed by atoms with Crippen molar-refractivity contribution in [3.05, 3.63) is 65.7 Å². The number of carbonyl (C=O) groups excluding carboxylic acids is 1. The Balaban J connectivity index is 1.40. The van der Waals surface area contributed by atoms with Crippen molar-refractivity contribution in [2.75, 3.05) is 40.3 Å². The lowest BCUT2D eigenvalue weighted by atomic mass is 9.96. The largest absolute Gasteiger partial charge is 0.497 e. The first-order valence-corrected chi connectivity index (χ1v) is 11.3. The van der Waals surface area contributed by atoms with Crippen LogP contribution in [-0.2, 0) is 11.2 Å². The van der Waals surface area contributed by atoms with Gasteiger partial charge in [0, 0.05) is 19.0 Å². The SMILES string of the molecule is COc1ccc(CCN(CC2CCN(C)CC2)C(=O)[C@@H]2C[C@H]2c2ccccc2)cc1. The fourth-order valence-electron chi connectivity index (χ4n) is 4.68. The van der Waals surface area contributed by atoms with Gasteiger partial charge in [-0.3, -0.25) is 4.79 Å². The molecule has 1 amide bonds. The van der Waals surface area contributed by atoms with Gasteiger partial charge in [-0.05, 0) is 80.9 Å². The van der Waals surface area contributed by atoms with Crippen molar-refractivity contribution in [2.24, 2.45) is 11.8 Å². The molecule has 160 valence electrons. The Labute approximate surface area is 180 Å². The van der Waals surface area contributed by atoms with Crippen LogP contribution in [0.2, 0.25) is 0 Å². The first-order chi connectivity index (χ1) is 14.6. The number of carbonyl (C=O) groups is 1. The summed E-state index contributed by atoms with van der Waals surface area (Å²) >= 11 is 0. The highest BCUT2D eigenvalue weighted by Crippen LogP contribution is 2.48. The predicted octanol–water partition coefficient (Wildman–Crippen LogP) is 4.21. The number of benzene rings is 2. The normalized spacial score (nSPS) is 21.9. The van der Waals surface area contributed by atoms with Crippen molar-refractivity contribution in [3.8, 4) is 5.75 Å². The predicted molar refractivity (Wildman–Crippen MR) is 121 cm³/mol. The molecule has 30 heavy (non-hydrogen) atoms. The van der Waals surface area contributed by atoms with Crippen molar-refractivity contribution in [3.63, 3.8) is 0 Å². The Morgan fingerprint density at radius 1 is 1.07 bits per heavy atom. The maximum Gasteiger partial charge on any atom is 0.226 e. The van der Waals surface area contributed by atoms with E-state index in [9.17, 15) is 4.79 Å². The maximum atomic E-state index is 13.4. The minimum atomic E-state index is 0.162. The average Bonchev–Trinajstić information content (AvgIpc) is 3.59. The fourth-order valence-corrected chi connectivity index (χ4v) is 4.68. The minimum absolute atomic E-state index is 0.162. The summed E-state index contributed by atoms with van der Waals surface area (Å²) in [5.74, 6) is 2.42. The van der Waals surface area contributed by atoms with Gasteiger partial charge >= 0.3 is 0 Å². The zero-order valence-corrected chi connectivity index (χ0v) is 18.3. The van der Waals surface area contributed by atoms with Crippen LogP contribution in [0.4, 0.5) is 0 Å². The summed E-state index contributed by atoms with van der Waals surface area (Å²) in [6, 6.07) is 18.8. The van der Waals surface area contributed by atoms with Crippen LogP contribution in [0, 0.1) is 11.8 Å². The van der Waals surface area contributed by atoms with E-state index in [2.05, 4.69) is 53.2 Å². The molecule has 1 aliphatic heterocycles. The molecule has 2 aliphatic rings. The van der Waals surface area contributed by atoms with Crippen LogP contribution in [0.25, 0.3) is 0 Å². The maximum absolute atomic E-state index is 13.4. The van der Waals surface area contributed by atoms with Crippen LogP contribution in [0.3, 0.4) is 0 Å². The number of piperidine rings is 1. The van der Waals surface area contributed by atoms with E-state index in [-0.39, 0.29) is 5.92 Å². The number of rotatable bonds is 8. The molecule has 0 radical (unpaired) electrons. The van der Waals surface area contributed by atoms with Gasteiger partial charge in [-0.1, -0.05) is 42.5 Å². The number of hydrogen-bond donors (Lipinski definition) is 0. The minimum Gasteiger partial charge on any atom is -0.497 e. The Morgan fingerprint density at radius 3 is 2.43 bits per heavy atom. The van der Waals surface area contributed by atoms with Crippen molar-refractivity contribution in [2.45, 2.75) is 31.6 Å². The molecule has 4 nitrogen and oxygen atoms in total. The lowest BCUT2D eigenvalue weighted by Gasteiger charge is -2.33. The second kappa shape index (κ2) is 9.65. The molecule has 0 spiro atoms. The zero-order valence-electron chi connectivity index (χ0n) is 18.3. The molecule has 2 aromatic carbocycles. The highest BCUT2D eigenvalue weighted by molar-refractivity contribution is 5.83. The molecule has 2 fully saturated rings. The van der Waals surface area contributed by atoms with Crippen LogP contribution in [-0.4, -0.2) is 56.0 Å². The van der Waals surface area contributed by atoms with E-state index in [1.165, 1.54) is 24.0 Å². The third-order valence-corrected chi connectivity index (χ3v) is 6.79. The molecule has 0 aromatic heterocycles. The third kappa shape index (κ3) is 5.23. The van der Waals surface area contributed by atoms with Crippen LogP contribution in [0.5, 0.6) is 5.75 Å². The van der Waals surface area contributed by atoms with Crippen molar-refractivity contribution < 1.29 is 9.53 Å². The van der Waals surface area contributed by atoms with Crippen LogP contribution in [0.15, 0.2) is 54.6 Å². The van der Waals surface area contributed by atoms with E-state index in [1.807, 2.05) is 18.2 Å². The third-order valence-electron chi connectivity index (χ3n) is 6.79. The molecule has 1 heterocycles. The molecule has 1 saturated heterocycles. The summed E-state index contributed by atoms with van der Waals surface area (Å²) < 4.78 is 5.27.